The monoisotopic (exact) mass is 908 g/mol. The number of hydrogen-bond acceptors (Lipinski definition) is 15. The lowest BCUT2D eigenvalue weighted by Crippen LogP contribution is -2.27. The topological polar surface area (TPSA) is 166 Å². The van der Waals surface area contributed by atoms with Gasteiger partial charge in [0.05, 0.1) is 139 Å². The molecule has 0 unspecified atom stereocenters. The van der Waals surface area contributed by atoms with E-state index < -0.39 is 6.09 Å². The zero-order valence-electron chi connectivity index (χ0n) is 38.4. The van der Waals surface area contributed by atoms with Crippen LogP contribution < -0.4 is 5.32 Å². The van der Waals surface area contributed by atoms with Crippen LogP contribution in [0.15, 0.2) is 48.5 Å². The van der Waals surface area contributed by atoms with Gasteiger partial charge in [-0.2, -0.15) is 0 Å². The van der Waals surface area contributed by atoms with Crippen molar-refractivity contribution in [3.8, 4) is 11.1 Å². The largest absolute Gasteiger partial charge is 0.463 e. The Kier molecular flexibility index (Phi) is 34.5. The number of nitrogens with one attached hydrogen (secondary N) is 1. The van der Waals surface area contributed by atoms with Crippen molar-refractivity contribution in [3.63, 3.8) is 0 Å². The number of fused-ring (bicyclic) bond motifs is 3. The lowest BCUT2D eigenvalue weighted by Gasteiger charge is -2.14. The predicted molar refractivity (Wildman–Crippen MR) is 241 cm³/mol. The fraction of sp³-hybridized carbons (Fsp3) is 0.708. The van der Waals surface area contributed by atoms with Gasteiger partial charge in [-0.1, -0.05) is 81.1 Å². The molecular weight excluding hydrogens is 831 g/mol. The fourth-order valence-corrected chi connectivity index (χ4v) is 6.47. The van der Waals surface area contributed by atoms with Crippen molar-refractivity contribution in [2.45, 2.75) is 57.8 Å². The van der Waals surface area contributed by atoms with Gasteiger partial charge in [-0.15, -0.1) is 0 Å². The van der Waals surface area contributed by atoms with E-state index in [-0.39, 0.29) is 18.5 Å². The number of carbonyl (C=O) groups excluding carboxylic acids is 2. The molecule has 0 fully saturated rings. The van der Waals surface area contributed by atoms with Gasteiger partial charge in [-0.05, 0) is 35.1 Å². The summed E-state index contributed by atoms with van der Waals surface area (Å²) in [5.41, 5.74) is 4.80. The second-order valence-corrected chi connectivity index (χ2v) is 14.7. The maximum atomic E-state index is 12.3. The van der Waals surface area contributed by atoms with Crippen molar-refractivity contribution in [3.05, 3.63) is 59.7 Å². The minimum atomic E-state index is -0.418. The van der Waals surface area contributed by atoms with Crippen molar-refractivity contribution in [1.29, 1.82) is 0 Å². The molecule has 0 spiro atoms. The summed E-state index contributed by atoms with van der Waals surface area (Å²) < 4.78 is 71.3. The molecule has 0 aromatic heterocycles. The summed E-state index contributed by atoms with van der Waals surface area (Å²) in [5, 5.41) is 2.81. The number of unbranched alkanes of at least 4 members (excludes halogenated alkanes) is 4. The Morgan fingerprint density at radius 3 is 1.19 bits per heavy atom. The third kappa shape index (κ3) is 27.9. The molecular formula is C48H77NO15. The molecule has 0 saturated heterocycles. The van der Waals surface area contributed by atoms with E-state index in [1.165, 1.54) is 41.5 Å². The Morgan fingerprint density at radius 2 is 0.781 bits per heavy atom. The highest BCUT2D eigenvalue weighted by atomic mass is 16.6. The molecule has 2 aromatic carbocycles. The predicted octanol–water partition coefficient (Wildman–Crippen LogP) is 6.00. The Labute approximate surface area is 381 Å². The normalized spacial score (nSPS) is 12.1. The van der Waals surface area contributed by atoms with E-state index in [1.807, 2.05) is 24.3 Å². The average Bonchev–Trinajstić information content (AvgIpc) is 3.63. The van der Waals surface area contributed by atoms with E-state index in [9.17, 15) is 9.59 Å². The van der Waals surface area contributed by atoms with Crippen LogP contribution in [0.25, 0.3) is 11.1 Å². The van der Waals surface area contributed by atoms with Crippen molar-refractivity contribution < 1.29 is 71.2 Å². The molecule has 364 valence electrons. The minimum absolute atomic E-state index is 0.0453. The highest BCUT2D eigenvalue weighted by Gasteiger charge is 2.29. The number of benzene rings is 2. The second-order valence-electron chi connectivity index (χ2n) is 14.7. The van der Waals surface area contributed by atoms with E-state index in [2.05, 4.69) is 36.5 Å². The SMILES string of the molecule is CCCCCCCC(=O)OCCOCCOCCOCCOCCOCCOCCOCCOCCOCCOCCOCCCNC(=O)OCC1c2ccccc2-c2ccccc21. The van der Waals surface area contributed by atoms with E-state index in [4.69, 9.17) is 61.6 Å². The first-order chi connectivity index (χ1) is 31.7. The van der Waals surface area contributed by atoms with E-state index in [1.54, 1.807) is 0 Å². The van der Waals surface area contributed by atoms with E-state index in [0.29, 0.717) is 171 Å². The number of ether oxygens (including phenoxy) is 13. The van der Waals surface area contributed by atoms with Gasteiger partial charge in [0, 0.05) is 25.5 Å². The molecule has 64 heavy (non-hydrogen) atoms. The van der Waals surface area contributed by atoms with Crippen LogP contribution in [0.5, 0.6) is 0 Å². The number of hydrogen-bond donors (Lipinski definition) is 1. The summed E-state index contributed by atoms with van der Waals surface area (Å²) in [5.74, 6) is -0.107. The molecule has 0 saturated carbocycles. The van der Waals surface area contributed by atoms with Gasteiger partial charge in [0.2, 0.25) is 0 Å². The quantitative estimate of drug-likeness (QED) is 0.0607. The third-order valence-electron chi connectivity index (χ3n) is 9.77. The van der Waals surface area contributed by atoms with Crippen LogP contribution in [0.1, 0.15) is 68.9 Å². The Bertz CT molecular complexity index is 1370. The van der Waals surface area contributed by atoms with Crippen molar-refractivity contribution in [1.82, 2.24) is 5.32 Å². The molecule has 0 radical (unpaired) electrons. The summed E-state index contributed by atoms with van der Waals surface area (Å²) in [6.07, 6.45) is 6.30. The van der Waals surface area contributed by atoms with Gasteiger partial charge >= 0.3 is 12.1 Å². The number of amides is 1. The highest BCUT2D eigenvalue weighted by molar-refractivity contribution is 5.79. The minimum Gasteiger partial charge on any atom is -0.463 e. The van der Waals surface area contributed by atoms with Gasteiger partial charge in [0.25, 0.3) is 0 Å². The van der Waals surface area contributed by atoms with Crippen molar-refractivity contribution in [2.75, 3.05) is 165 Å². The molecule has 16 heteroatoms. The Morgan fingerprint density at radius 1 is 0.422 bits per heavy atom. The van der Waals surface area contributed by atoms with Crippen LogP contribution in [0.3, 0.4) is 0 Å². The zero-order valence-corrected chi connectivity index (χ0v) is 38.4. The van der Waals surface area contributed by atoms with Crippen molar-refractivity contribution >= 4 is 12.1 Å². The average molecular weight is 908 g/mol. The van der Waals surface area contributed by atoms with Crippen LogP contribution in [0.2, 0.25) is 0 Å². The van der Waals surface area contributed by atoms with Crippen LogP contribution in [-0.2, 0) is 66.4 Å². The number of alkyl carbamates (subject to hydrolysis) is 1. The van der Waals surface area contributed by atoms with Gasteiger partial charge in [-0.3, -0.25) is 4.79 Å². The first-order valence-corrected chi connectivity index (χ1v) is 23.3. The van der Waals surface area contributed by atoms with Crippen LogP contribution in [0, 0.1) is 0 Å². The summed E-state index contributed by atoms with van der Waals surface area (Å²) in [7, 11) is 0. The fourth-order valence-electron chi connectivity index (χ4n) is 6.47. The molecule has 0 atom stereocenters. The summed E-state index contributed by atoms with van der Waals surface area (Å²) in [6, 6.07) is 16.6. The zero-order chi connectivity index (χ0) is 45.2. The molecule has 2 aromatic rings. The van der Waals surface area contributed by atoms with Crippen LogP contribution in [0.4, 0.5) is 4.79 Å². The molecule has 1 amide bonds. The van der Waals surface area contributed by atoms with Gasteiger partial charge in [0.15, 0.2) is 0 Å². The summed E-state index contributed by atoms with van der Waals surface area (Å²) in [6.45, 7) is 13.7. The van der Waals surface area contributed by atoms with E-state index >= 15 is 0 Å². The summed E-state index contributed by atoms with van der Waals surface area (Å²) >= 11 is 0. The molecule has 16 nitrogen and oxygen atoms in total. The van der Waals surface area contributed by atoms with Gasteiger partial charge in [0.1, 0.15) is 13.2 Å². The van der Waals surface area contributed by atoms with Gasteiger partial charge in [-0.25, -0.2) is 4.79 Å². The second kappa shape index (κ2) is 40.1. The molecule has 1 aliphatic carbocycles. The Hall–Kier alpha value is -3.26. The molecule has 1 aliphatic rings. The molecule has 0 aliphatic heterocycles. The molecule has 0 heterocycles. The van der Waals surface area contributed by atoms with E-state index in [0.717, 1.165) is 12.8 Å². The maximum absolute atomic E-state index is 12.3. The standard InChI is InChI=1S/C48H77NO15/c1-2-3-4-5-6-16-47(50)63-40-39-62-38-37-61-36-35-60-34-33-59-32-31-58-30-29-57-28-27-56-26-25-55-24-23-54-22-21-53-20-19-52-18-11-17-49-48(51)64-41-46-44-14-9-7-12-42(44)43-13-8-10-15-45(43)46/h7-10,12-15,46H,2-6,11,16-41H2,1H3,(H,49,51). The molecule has 3 rings (SSSR count). The number of carbonyl (C=O) groups is 2. The smallest absolute Gasteiger partial charge is 0.407 e. The van der Waals surface area contributed by atoms with Crippen molar-refractivity contribution in [2.24, 2.45) is 0 Å². The van der Waals surface area contributed by atoms with Gasteiger partial charge < -0.3 is 66.9 Å². The number of rotatable bonds is 45. The lowest BCUT2D eigenvalue weighted by molar-refractivity contribution is -0.145. The first kappa shape index (κ1) is 55.1. The first-order valence-electron chi connectivity index (χ1n) is 23.3. The lowest BCUT2D eigenvalue weighted by atomic mass is 9.98. The highest BCUT2D eigenvalue weighted by Crippen LogP contribution is 2.44. The molecule has 1 N–H and O–H groups in total. The summed E-state index contributed by atoms with van der Waals surface area (Å²) in [4.78, 5) is 23.9. The maximum Gasteiger partial charge on any atom is 0.407 e. The van der Waals surface area contributed by atoms with Crippen LogP contribution in [-0.4, -0.2) is 177 Å². The molecule has 0 bridgehead atoms. The van der Waals surface area contributed by atoms with Crippen LogP contribution >= 0.6 is 0 Å². The Balaban J connectivity index is 0.912. The number of esters is 1. The third-order valence-corrected chi connectivity index (χ3v) is 9.77.